The van der Waals surface area contributed by atoms with Gasteiger partial charge in [-0.3, -0.25) is 0 Å². The number of rotatable bonds is 3. The van der Waals surface area contributed by atoms with Crippen LogP contribution in [0, 0.1) is 0 Å². The Kier molecular flexibility index (Phi) is 4.56. The average molecular weight is 451 g/mol. The molecule has 2 unspecified atom stereocenters. The Hall–Kier alpha value is -3.99. The Morgan fingerprint density at radius 3 is 2.53 bits per heavy atom. The van der Waals surface area contributed by atoms with Gasteiger partial charge in [-0.2, -0.15) is 0 Å². The molecular weight excluding hydrogens is 424 g/mol. The third-order valence-corrected chi connectivity index (χ3v) is 7.01. The maximum atomic E-state index is 13.1. The fourth-order valence-corrected chi connectivity index (χ4v) is 5.26. The van der Waals surface area contributed by atoms with Crippen LogP contribution in [0.5, 0.6) is 5.75 Å². The molecule has 3 aromatic carbocycles. The zero-order chi connectivity index (χ0) is 23.4. The Labute approximate surface area is 199 Å². The zero-order valence-corrected chi connectivity index (χ0v) is 19.5. The van der Waals surface area contributed by atoms with Crippen LogP contribution in [0.3, 0.4) is 0 Å². The number of carbonyl (C=O) groups excluding carboxylic acids is 1. The Morgan fingerprint density at radius 2 is 1.74 bits per heavy atom. The normalized spacial score (nSPS) is 22.3. The van der Waals surface area contributed by atoms with Gasteiger partial charge in [0.25, 0.3) is 0 Å². The van der Waals surface area contributed by atoms with E-state index >= 15 is 0 Å². The standard InChI is InChI=1S/C29H26N2O3/c1-18-15-26-24(17-25(18)30-19-9-5-4-6-10-19)29(22-12-8-7-11-21(22)28(32)34-29)23-14-13-20(31(2)3)16-27(23)33-26/h4-16,25,30H,17H2,1-3H3. The van der Waals surface area contributed by atoms with Crippen LogP contribution in [0.1, 0.15) is 34.8 Å². The van der Waals surface area contributed by atoms with Gasteiger partial charge in [0.05, 0.1) is 11.6 Å². The number of hydrogen-bond acceptors (Lipinski definition) is 5. The predicted octanol–water partition coefficient (Wildman–Crippen LogP) is 5.64. The van der Waals surface area contributed by atoms with Crippen LogP contribution >= 0.6 is 0 Å². The van der Waals surface area contributed by atoms with Gasteiger partial charge in [0, 0.05) is 54.7 Å². The second-order valence-electron chi connectivity index (χ2n) is 9.29. The Bertz CT molecular complexity index is 1370. The highest BCUT2D eigenvalue weighted by molar-refractivity contribution is 5.96. The highest BCUT2D eigenvalue weighted by atomic mass is 16.6. The molecule has 1 aliphatic carbocycles. The van der Waals surface area contributed by atoms with Crippen molar-refractivity contribution in [3.05, 3.63) is 112 Å². The molecule has 0 radical (unpaired) electrons. The van der Waals surface area contributed by atoms with Crippen molar-refractivity contribution in [3.63, 3.8) is 0 Å². The van der Waals surface area contributed by atoms with E-state index in [2.05, 4.69) is 30.4 Å². The summed E-state index contributed by atoms with van der Waals surface area (Å²) in [5, 5.41) is 3.65. The van der Waals surface area contributed by atoms with Crippen molar-refractivity contribution < 1.29 is 14.3 Å². The lowest BCUT2D eigenvalue weighted by molar-refractivity contribution is 0.0188. The molecule has 5 heteroatoms. The van der Waals surface area contributed by atoms with E-state index in [-0.39, 0.29) is 12.0 Å². The van der Waals surface area contributed by atoms with Crippen LogP contribution in [0.2, 0.25) is 0 Å². The van der Waals surface area contributed by atoms with E-state index < -0.39 is 5.60 Å². The zero-order valence-electron chi connectivity index (χ0n) is 19.5. The van der Waals surface area contributed by atoms with Gasteiger partial charge in [0.1, 0.15) is 11.5 Å². The third-order valence-electron chi connectivity index (χ3n) is 7.01. The largest absolute Gasteiger partial charge is 0.457 e. The molecule has 0 saturated carbocycles. The van der Waals surface area contributed by atoms with Crippen LogP contribution < -0.4 is 15.0 Å². The minimum Gasteiger partial charge on any atom is -0.457 e. The van der Waals surface area contributed by atoms with Gasteiger partial charge in [-0.25, -0.2) is 4.79 Å². The summed E-state index contributed by atoms with van der Waals surface area (Å²) in [5.74, 6) is 1.18. The first-order chi connectivity index (χ1) is 16.5. The van der Waals surface area contributed by atoms with E-state index in [0.717, 1.165) is 33.8 Å². The van der Waals surface area contributed by atoms with E-state index in [4.69, 9.17) is 9.47 Å². The summed E-state index contributed by atoms with van der Waals surface area (Å²) in [6, 6.07) is 24.0. The summed E-state index contributed by atoms with van der Waals surface area (Å²) in [5.41, 5.74) is 5.55. The van der Waals surface area contributed by atoms with E-state index in [1.807, 2.05) is 79.7 Å². The molecule has 2 heterocycles. The molecule has 2 atom stereocenters. The summed E-state index contributed by atoms with van der Waals surface area (Å²) >= 11 is 0. The summed E-state index contributed by atoms with van der Waals surface area (Å²) in [4.78, 5) is 15.1. The number of anilines is 2. The molecule has 0 aromatic heterocycles. The van der Waals surface area contributed by atoms with Crippen LogP contribution in [0.4, 0.5) is 11.4 Å². The Balaban J connectivity index is 1.53. The van der Waals surface area contributed by atoms with Gasteiger partial charge in [-0.05, 0) is 48.9 Å². The van der Waals surface area contributed by atoms with E-state index in [0.29, 0.717) is 17.7 Å². The van der Waals surface area contributed by atoms with Gasteiger partial charge in [0.15, 0.2) is 5.60 Å². The molecule has 34 heavy (non-hydrogen) atoms. The quantitative estimate of drug-likeness (QED) is 0.523. The number of ether oxygens (including phenoxy) is 2. The predicted molar refractivity (Wildman–Crippen MR) is 133 cm³/mol. The minimum absolute atomic E-state index is 0.0516. The number of hydrogen-bond donors (Lipinski definition) is 1. The molecule has 0 fully saturated rings. The maximum absolute atomic E-state index is 13.1. The number of para-hydroxylation sites is 1. The molecule has 3 aromatic rings. The van der Waals surface area contributed by atoms with Crippen LogP contribution in [0.15, 0.2) is 95.8 Å². The molecule has 170 valence electrons. The molecule has 5 nitrogen and oxygen atoms in total. The second kappa shape index (κ2) is 7.52. The first kappa shape index (κ1) is 20.6. The lowest BCUT2D eigenvalue weighted by Crippen LogP contribution is -2.40. The van der Waals surface area contributed by atoms with Crippen molar-refractivity contribution in [2.75, 3.05) is 24.3 Å². The van der Waals surface area contributed by atoms with Crippen molar-refractivity contribution in [2.45, 2.75) is 25.0 Å². The van der Waals surface area contributed by atoms with Gasteiger partial charge >= 0.3 is 5.97 Å². The molecule has 0 bridgehead atoms. The monoisotopic (exact) mass is 450 g/mol. The fourth-order valence-electron chi connectivity index (χ4n) is 5.26. The molecule has 3 aliphatic rings. The summed E-state index contributed by atoms with van der Waals surface area (Å²) < 4.78 is 12.8. The fraction of sp³-hybridized carbons (Fsp3) is 0.207. The highest BCUT2D eigenvalue weighted by Gasteiger charge is 2.55. The minimum atomic E-state index is -1.00. The first-order valence-corrected chi connectivity index (χ1v) is 11.5. The van der Waals surface area contributed by atoms with E-state index in [1.165, 1.54) is 5.57 Å². The number of nitrogens with one attached hydrogen (secondary N) is 1. The molecule has 2 aliphatic heterocycles. The van der Waals surface area contributed by atoms with Crippen LogP contribution in [-0.4, -0.2) is 26.1 Å². The molecule has 0 saturated heterocycles. The smallest absolute Gasteiger partial charge is 0.340 e. The number of fused-ring (bicyclic) bond motifs is 5. The van der Waals surface area contributed by atoms with Gasteiger partial charge in [-0.1, -0.05) is 36.4 Å². The summed E-state index contributed by atoms with van der Waals surface area (Å²) in [6.07, 6.45) is 2.74. The highest BCUT2D eigenvalue weighted by Crippen LogP contribution is 2.56. The topological polar surface area (TPSA) is 50.8 Å². The SMILES string of the molecule is CC1=CC2=C(CC1Nc1ccccc1)C1(OC(=O)c3ccccc31)c1ccc(N(C)C)cc1O2. The van der Waals surface area contributed by atoms with E-state index in [1.54, 1.807) is 0 Å². The van der Waals surface area contributed by atoms with Gasteiger partial charge in [-0.15, -0.1) is 0 Å². The van der Waals surface area contributed by atoms with Gasteiger partial charge < -0.3 is 19.7 Å². The van der Waals surface area contributed by atoms with Crippen molar-refractivity contribution in [1.29, 1.82) is 0 Å². The van der Waals surface area contributed by atoms with Crippen LogP contribution in [-0.2, 0) is 10.3 Å². The molecular formula is C29H26N2O3. The number of allylic oxidation sites excluding steroid dienone is 1. The third kappa shape index (κ3) is 2.97. The molecule has 0 amide bonds. The molecule has 1 spiro atoms. The molecule has 1 N–H and O–H groups in total. The number of nitrogens with zero attached hydrogens (tertiary/aromatic N) is 1. The van der Waals surface area contributed by atoms with Gasteiger partial charge in [0.2, 0.25) is 0 Å². The van der Waals surface area contributed by atoms with Crippen LogP contribution in [0.25, 0.3) is 0 Å². The summed E-state index contributed by atoms with van der Waals surface area (Å²) in [7, 11) is 4.00. The van der Waals surface area contributed by atoms with Crippen molar-refractivity contribution >= 4 is 17.3 Å². The Morgan fingerprint density at radius 1 is 0.971 bits per heavy atom. The lowest BCUT2D eigenvalue weighted by Gasteiger charge is -2.41. The summed E-state index contributed by atoms with van der Waals surface area (Å²) in [6.45, 7) is 2.11. The van der Waals surface area contributed by atoms with Crippen molar-refractivity contribution in [3.8, 4) is 5.75 Å². The second-order valence-corrected chi connectivity index (χ2v) is 9.29. The number of esters is 1. The maximum Gasteiger partial charge on any atom is 0.340 e. The van der Waals surface area contributed by atoms with Crippen molar-refractivity contribution in [1.82, 2.24) is 0 Å². The molecule has 6 rings (SSSR count). The number of carbonyl (C=O) groups is 1. The van der Waals surface area contributed by atoms with Crippen molar-refractivity contribution in [2.24, 2.45) is 0 Å². The first-order valence-electron chi connectivity index (χ1n) is 11.5. The lowest BCUT2D eigenvalue weighted by atomic mass is 9.73. The van der Waals surface area contributed by atoms with E-state index in [9.17, 15) is 4.79 Å². The average Bonchev–Trinajstić information content (AvgIpc) is 3.13. The number of benzene rings is 3.